The number of ether oxygens (including phenoxy) is 2. The minimum Gasteiger partial charge on any atom is -0.497 e. The molecule has 0 bridgehead atoms. The molecule has 1 aliphatic heterocycles. The average molecular weight is 267 g/mol. The number of hydrogen-bond acceptors (Lipinski definition) is 3. The molecule has 0 amide bonds. The zero-order valence-electron chi connectivity index (χ0n) is 11.8. The van der Waals surface area contributed by atoms with Crippen LogP contribution in [0.1, 0.15) is 25.3 Å². The van der Waals surface area contributed by atoms with Gasteiger partial charge in [-0.1, -0.05) is 0 Å². The average Bonchev–Trinajstić information content (AvgIpc) is 2.47. The lowest BCUT2D eigenvalue weighted by atomic mass is 9.80. The van der Waals surface area contributed by atoms with Crippen LogP contribution in [0.25, 0.3) is 0 Å². The van der Waals surface area contributed by atoms with E-state index in [1.54, 1.807) is 39.3 Å². The number of piperidine rings is 1. The highest BCUT2D eigenvalue weighted by Gasteiger charge is 2.39. The van der Waals surface area contributed by atoms with Crippen molar-refractivity contribution in [3.8, 4) is 11.5 Å². The number of halogens is 1. The largest absolute Gasteiger partial charge is 0.497 e. The van der Waals surface area contributed by atoms with Crippen molar-refractivity contribution in [1.29, 1.82) is 0 Å². The van der Waals surface area contributed by atoms with Gasteiger partial charge in [0.15, 0.2) is 0 Å². The number of methoxy groups -OCH3 is 2. The molecule has 0 spiro atoms. The van der Waals surface area contributed by atoms with E-state index in [1.165, 1.54) is 0 Å². The fourth-order valence-electron chi connectivity index (χ4n) is 2.73. The summed E-state index contributed by atoms with van der Waals surface area (Å²) in [6, 6.07) is 5.30. The monoisotopic (exact) mass is 267 g/mol. The molecule has 0 saturated carbocycles. The van der Waals surface area contributed by atoms with Crippen molar-refractivity contribution in [1.82, 2.24) is 5.32 Å². The molecular weight excluding hydrogens is 245 g/mol. The molecule has 1 aliphatic rings. The number of nitrogens with one attached hydrogen (secondary N) is 1. The number of alkyl halides is 1. The zero-order chi connectivity index (χ0) is 13.9. The highest BCUT2D eigenvalue weighted by molar-refractivity contribution is 5.44. The predicted molar refractivity (Wildman–Crippen MR) is 73.6 cm³/mol. The molecule has 1 heterocycles. The maximum absolute atomic E-state index is 15.3. The molecule has 2 unspecified atom stereocenters. The minimum absolute atomic E-state index is 0.0396. The van der Waals surface area contributed by atoms with Crippen LogP contribution < -0.4 is 14.8 Å². The molecule has 4 heteroatoms. The van der Waals surface area contributed by atoms with Gasteiger partial charge < -0.3 is 14.8 Å². The second-order valence-electron chi connectivity index (χ2n) is 5.19. The van der Waals surface area contributed by atoms with Gasteiger partial charge in [-0.3, -0.25) is 0 Å². The Balaban J connectivity index is 2.36. The van der Waals surface area contributed by atoms with Crippen LogP contribution >= 0.6 is 0 Å². The van der Waals surface area contributed by atoms with Crippen LogP contribution in [0.15, 0.2) is 18.2 Å². The molecule has 3 nitrogen and oxygen atoms in total. The third kappa shape index (κ3) is 2.84. The van der Waals surface area contributed by atoms with E-state index in [1.807, 2.05) is 0 Å². The Morgan fingerprint density at radius 2 is 2.11 bits per heavy atom. The normalized spacial score (nSPS) is 22.6. The number of benzene rings is 1. The molecule has 2 atom stereocenters. The van der Waals surface area contributed by atoms with Gasteiger partial charge in [0.2, 0.25) is 0 Å². The number of hydrogen-bond donors (Lipinski definition) is 1. The Morgan fingerprint density at radius 1 is 1.32 bits per heavy atom. The van der Waals surface area contributed by atoms with Crippen molar-refractivity contribution in [2.45, 2.75) is 25.4 Å². The van der Waals surface area contributed by atoms with Crippen LogP contribution in [-0.4, -0.2) is 27.3 Å². The second kappa shape index (κ2) is 5.78. The van der Waals surface area contributed by atoms with Crippen molar-refractivity contribution in [2.24, 2.45) is 5.92 Å². The van der Waals surface area contributed by atoms with Crippen LogP contribution in [0.5, 0.6) is 11.5 Å². The fraction of sp³-hybridized carbons (Fsp3) is 0.600. The molecule has 1 aromatic rings. The Hall–Kier alpha value is -1.29. The quantitative estimate of drug-likeness (QED) is 0.910. The summed E-state index contributed by atoms with van der Waals surface area (Å²) in [5, 5.41) is 3.26. The molecule has 0 aliphatic carbocycles. The first-order valence-corrected chi connectivity index (χ1v) is 6.71. The SMILES string of the molecule is COc1ccc(OC)c(C(C)(F)C2CCCNC2)c1. The van der Waals surface area contributed by atoms with E-state index >= 15 is 4.39 Å². The van der Waals surface area contributed by atoms with E-state index in [0.717, 1.165) is 19.4 Å². The van der Waals surface area contributed by atoms with Crippen molar-refractivity contribution in [3.05, 3.63) is 23.8 Å². The molecule has 1 aromatic carbocycles. The van der Waals surface area contributed by atoms with Crippen molar-refractivity contribution < 1.29 is 13.9 Å². The minimum atomic E-state index is -1.42. The lowest BCUT2D eigenvalue weighted by molar-refractivity contribution is 0.0780. The van der Waals surface area contributed by atoms with Crippen LogP contribution in [0.3, 0.4) is 0 Å². The summed E-state index contributed by atoms with van der Waals surface area (Å²) < 4.78 is 25.8. The highest BCUT2D eigenvalue weighted by atomic mass is 19.1. The Morgan fingerprint density at radius 3 is 2.68 bits per heavy atom. The van der Waals surface area contributed by atoms with Gasteiger partial charge >= 0.3 is 0 Å². The lowest BCUT2D eigenvalue weighted by Gasteiger charge is -2.35. The third-order valence-corrected chi connectivity index (χ3v) is 4.00. The van der Waals surface area contributed by atoms with E-state index in [9.17, 15) is 0 Å². The maximum atomic E-state index is 15.3. The van der Waals surface area contributed by atoms with Gasteiger partial charge in [-0.15, -0.1) is 0 Å². The Kier molecular flexibility index (Phi) is 4.30. The Bertz CT molecular complexity index is 428. The zero-order valence-corrected chi connectivity index (χ0v) is 11.8. The smallest absolute Gasteiger partial charge is 0.140 e. The third-order valence-electron chi connectivity index (χ3n) is 4.00. The van der Waals surface area contributed by atoms with E-state index in [2.05, 4.69) is 5.32 Å². The van der Waals surface area contributed by atoms with Crippen LogP contribution in [-0.2, 0) is 5.67 Å². The predicted octanol–water partition coefficient (Wildman–Crippen LogP) is 2.89. The molecule has 2 rings (SSSR count). The number of rotatable bonds is 4. The van der Waals surface area contributed by atoms with Crippen molar-refractivity contribution in [3.63, 3.8) is 0 Å². The molecule has 1 fully saturated rings. The molecule has 0 aromatic heterocycles. The van der Waals surface area contributed by atoms with Gasteiger partial charge in [-0.05, 0) is 44.5 Å². The summed E-state index contributed by atoms with van der Waals surface area (Å²) in [7, 11) is 3.16. The van der Waals surface area contributed by atoms with Gasteiger partial charge in [0.05, 0.1) is 14.2 Å². The molecular formula is C15H22FNO2. The van der Waals surface area contributed by atoms with E-state index in [-0.39, 0.29) is 5.92 Å². The molecule has 0 radical (unpaired) electrons. The standard InChI is InChI=1S/C15H22FNO2/c1-15(16,11-5-4-8-17-10-11)13-9-12(18-2)6-7-14(13)19-3/h6-7,9,11,17H,4-5,8,10H2,1-3H3. The molecule has 1 N–H and O–H groups in total. The van der Waals surface area contributed by atoms with Gasteiger partial charge in [-0.25, -0.2) is 4.39 Å². The molecule has 106 valence electrons. The van der Waals surface area contributed by atoms with Crippen LogP contribution in [0.4, 0.5) is 4.39 Å². The highest BCUT2D eigenvalue weighted by Crippen LogP contribution is 2.42. The van der Waals surface area contributed by atoms with E-state index in [4.69, 9.17) is 9.47 Å². The summed E-state index contributed by atoms with van der Waals surface area (Å²) in [4.78, 5) is 0. The first kappa shape index (κ1) is 14.1. The lowest BCUT2D eigenvalue weighted by Crippen LogP contribution is -2.40. The Labute approximate surface area is 114 Å². The summed E-state index contributed by atoms with van der Waals surface area (Å²) in [6.07, 6.45) is 1.90. The summed E-state index contributed by atoms with van der Waals surface area (Å²) in [5.41, 5.74) is -0.851. The van der Waals surface area contributed by atoms with Gasteiger partial charge in [-0.2, -0.15) is 0 Å². The maximum Gasteiger partial charge on any atom is 0.140 e. The summed E-state index contributed by atoms with van der Waals surface area (Å²) in [5.74, 6) is 1.20. The van der Waals surface area contributed by atoms with Crippen LogP contribution in [0, 0.1) is 5.92 Å². The van der Waals surface area contributed by atoms with Crippen molar-refractivity contribution in [2.75, 3.05) is 27.3 Å². The summed E-state index contributed by atoms with van der Waals surface area (Å²) in [6.45, 7) is 3.32. The second-order valence-corrected chi connectivity index (χ2v) is 5.19. The van der Waals surface area contributed by atoms with Crippen molar-refractivity contribution >= 4 is 0 Å². The van der Waals surface area contributed by atoms with E-state index < -0.39 is 5.67 Å². The van der Waals surface area contributed by atoms with E-state index in [0.29, 0.717) is 23.6 Å². The summed E-state index contributed by atoms with van der Waals surface area (Å²) >= 11 is 0. The van der Waals surface area contributed by atoms with Crippen LogP contribution in [0.2, 0.25) is 0 Å². The van der Waals surface area contributed by atoms with Gasteiger partial charge in [0, 0.05) is 18.0 Å². The first-order valence-electron chi connectivity index (χ1n) is 6.71. The topological polar surface area (TPSA) is 30.5 Å². The first-order chi connectivity index (χ1) is 9.09. The fourth-order valence-corrected chi connectivity index (χ4v) is 2.73. The molecule has 1 saturated heterocycles. The van der Waals surface area contributed by atoms with Gasteiger partial charge in [0.25, 0.3) is 0 Å². The molecule has 19 heavy (non-hydrogen) atoms. The van der Waals surface area contributed by atoms with Gasteiger partial charge in [0.1, 0.15) is 17.2 Å².